The molecule has 0 aromatic heterocycles. The molecule has 0 aliphatic rings. The number of sulfonamides is 1. The molecule has 1 N–H and O–H groups in total. The first-order valence-electron chi connectivity index (χ1n) is 8.29. The van der Waals surface area contributed by atoms with Crippen LogP contribution < -0.4 is 14.4 Å². The Kier molecular flexibility index (Phi) is 6.26. The Hall–Kier alpha value is -2.54. The highest BCUT2D eigenvalue weighted by Crippen LogP contribution is 2.29. The van der Waals surface area contributed by atoms with Gasteiger partial charge >= 0.3 is 0 Å². The molecule has 0 fully saturated rings. The third-order valence-corrected chi connectivity index (χ3v) is 4.91. The molecule has 0 saturated carbocycles. The minimum absolute atomic E-state index is 0.337. The Labute approximate surface area is 154 Å². The van der Waals surface area contributed by atoms with Gasteiger partial charge in [0.25, 0.3) is 0 Å². The van der Waals surface area contributed by atoms with Crippen molar-refractivity contribution in [2.75, 3.05) is 29.0 Å². The van der Waals surface area contributed by atoms with Crippen LogP contribution in [0, 0.1) is 13.8 Å². The summed E-state index contributed by atoms with van der Waals surface area (Å²) in [5.74, 6) is -0.00427. The molecule has 0 atom stereocenters. The molecule has 0 radical (unpaired) electrons. The minimum Gasteiger partial charge on any atom is -0.492 e. The van der Waals surface area contributed by atoms with Crippen LogP contribution in [0.2, 0.25) is 0 Å². The number of nitrogens with zero attached hydrogens (tertiary/aromatic N) is 1. The van der Waals surface area contributed by atoms with Crippen molar-refractivity contribution in [3.8, 4) is 5.75 Å². The van der Waals surface area contributed by atoms with Crippen molar-refractivity contribution >= 4 is 27.3 Å². The molecule has 2 rings (SSSR count). The minimum atomic E-state index is -3.67. The van der Waals surface area contributed by atoms with E-state index in [-0.39, 0.29) is 6.54 Å². The summed E-state index contributed by atoms with van der Waals surface area (Å²) < 4.78 is 31.1. The summed E-state index contributed by atoms with van der Waals surface area (Å²) in [6.45, 7) is 5.68. The van der Waals surface area contributed by atoms with E-state index in [0.29, 0.717) is 23.7 Å². The molecule has 0 unspecified atom stereocenters. The Morgan fingerprint density at radius 3 is 2.50 bits per heavy atom. The molecular weight excluding hydrogens is 352 g/mol. The van der Waals surface area contributed by atoms with Gasteiger partial charge in [-0.1, -0.05) is 24.3 Å². The molecule has 0 aliphatic carbocycles. The highest BCUT2D eigenvalue weighted by Gasteiger charge is 2.24. The van der Waals surface area contributed by atoms with Crippen molar-refractivity contribution < 1.29 is 17.9 Å². The average molecular weight is 376 g/mol. The molecule has 0 heterocycles. The van der Waals surface area contributed by atoms with Crippen molar-refractivity contribution in [1.82, 2.24) is 0 Å². The summed E-state index contributed by atoms with van der Waals surface area (Å²) >= 11 is 0. The first-order valence-corrected chi connectivity index (χ1v) is 10.1. The number of nitrogens with one attached hydrogen (secondary N) is 1. The molecule has 7 heteroatoms. The highest BCUT2D eigenvalue weighted by molar-refractivity contribution is 7.92. The monoisotopic (exact) mass is 376 g/mol. The molecule has 1 amide bonds. The van der Waals surface area contributed by atoms with Gasteiger partial charge in [0.2, 0.25) is 15.9 Å². The van der Waals surface area contributed by atoms with E-state index in [1.165, 1.54) is 0 Å². The fourth-order valence-electron chi connectivity index (χ4n) is 2.51. The molecule has 26 heavy (non-hydrogen) atoms. The van der Waals surface area contributed by atoms with Gasteiger partial charge < -0.3 is 10.1 Å². The van der Waals surface area contributed by atoms with Gasteiger partial charge in [-0.05, 0) is 50.1 Å². The van der Waals surface area contributed by atoms with Crippen molar-refractivity contribution in [3.63, 3.8) is 0 Å². The molecule has 2 aromatic rings. The molecular formula is C19H24N2O4S. The number of ether oxygens (including phenoxy) is 1. The van der Waals surface area contributed by atoms with Crippen LogP contribution in [0.3, 0.4) is 0 Å². The van der Waals surface area contributed by atoms with Crippen LogP contribution in [0.5, 0.6) is 5.75 Å². The van der Waals surface area contributed by atoms with Gasteiger partial charge in [-0.15, -0.1) is 0 Å². The lowest BCUT2D eigenvalue weighted by Crippen LogP contribution is -2.37. The number of carbonyl (C=O) groups is 1. The zero-order chi connectivity index (χ0) is 19.3. The van der Waals surface area contributed by atoms with Crippen LogP contribution in [0.15, 0.2) is 42.5 Å². The van der Waals surface area contributed by atoms with Crippen molar-refractivity contribution in [2.45, 2.75) is 20.8 Å². The van der Waals surface area contributed by atoms with Gasteiger partial charge in [-0.3, -0.25) is 9.10 Å². The SMILES string of the molecule is CCOc1ccccc1N(CC(=O)Nc1cc(C)ccc1C)S(C)(=O)=O. The lowest BCUT2D eigenvalue weighted by molar-refractivity contribution is -0.114. The third kappa shape index (κ3) is 4.98. The van der Waals surface area contributed by atoms with Crippen LogP contribution in [0.4, 0.5) is 11.4 Å². The van der Waals surface area contributed by atoms with E-state index in [1.807, 2.05) is 39.0 Å². The zero-order valence-corrected chi connectivity index (χ0v) is 16.3. The number of benzene rings is 2. The van der Waals surface area contributed by atoms with Gasteiger partial charge in [-0.25, -0.2) is 8.42 Å². The predicted molar refractivity (Wildman–Crippen MR) is 104 cm³/mol. The third-order valence-electron chi connectivity index (χ3n) is 3.79. The number of carbonyl (C=O) groups excluding carboxylic acids is 1. The average Bonchev–Trinajstić information content (AvgIpc) is 2.56. The first kappa shape index (κ1) is 19.8. The van der Waals surface area contributed by atoms with Crippen molar-refractivity contribution in [2.24, 2.45) is 0 Å². The summed E-state index contributed by atoms with van der Waals surface area (Å²) in [7, 11) is -3.67. The van der Waals surface area contributed by atoms with Crippen LogP contribution in [-0.4, -0.2) is 33.7 Å². The maximum Gasteiger partial charge on any atom is 0.245 e. The number of para-hydroxylation sites is 2. The lowest BCUT2D eigenvalue weighted by atomic mass is 10.1. The summed E-state index contributed by atoms with van der Waals surface area (Å²) in [5.41, 5.74) is 2.92. The maximum atomic E-state index is 12.5. The Bertz CT molecular complexity index is 894. The number of anilines is 2. The second kappa shape index (κ2) is 8.23. The van der Waals surface area contributed by atoms with E-state index in [9.17, 15) is 13.2 Å². The topological polar surface area (TPSA) is 75.7 Å². The van der Waals surface area contributed by atoms with Gasteiger partial charge in [0.15, 0.2) is 0 Å². The summed E-state index contributed by atoms with van der Waals surface area (Å²) in [4.78, 5) is 12.5. The number of aryl methyl sites for hydroxylation is 2. The second-order valence-electron chi connectivity index (χ2n) is 6.04. The smallest absolute Gasteiger partial charge is 0.245 e. The van der Waals surface area contributed by atoms with Crippen LogP contribution in [0.25, 0.3) is 0 Å². The fourth-order valence-corrected chi connectivity index (χ4v) is 3.37. The van der Waals surface area contributed by atoms with Crippen LogP contribution >= 0.6 is 0 Å². The molecule has 0 spiro atoms. The normalized spacial score (nSPS) is 11.1. The predicted octanol–water partition coefficient (Wildman–Crippen LogP) is 3.11. The molecule has 0 aliphatic heterocycles. The van der Waals surface area contributed by atoms with E-state index >= 15 is 0 Å². The second-order valence-corrected chi connectivity index (χ2v) is 7.94. The number of rotatable bonds is 7. The van der Waals surface area contributed by atoms with E-state index in [4.69, 9.17) is 4.74 Å². The molecule has 0 bridgehead atoms. The Morgan fingerprint density at radius 1 is 1.15 bits per heavy atom. The Balaban J connectivity index is 2.29. The van der Waals surface area contributed by atoms with Gasteiger partial charge in [0.1, 0.15) is 12.3 Å². The maximum absolute atomic E-state index is 12.5. The van der Waals surface area contributed by atoms with Gasteiger partial charge in [-0.2, -0.15) is 0 Å². The van der Waals surface area contributed by atoms with E-state index in [0.717, 1.165) is 21.7 Å². The number of hydrogen-bond donors (Lipinski definition) is 1. The Morgan fingerprint density at radius 2 is 1.85 bits per heavy atom. The summed E-state index contributed by atoms with van der Waals surface area (Å²) in [5, 5.41) is 2.79. The van der Waals surface area contributed by atoms with Crippen LogP contribution in [0.1, 0.15) is 18.1 Å². The highest BCUT2D eigenvalue weighted by atomic mass is 32.2. The molecule has 0 saturated heterocycles. The van der Waals surface area contributed by atoms with Crippen LogP contribution in [-0.2, 0) is 14.8 Å². The van der Waals surface area contributed by atoms with E-state index < -0.39 is 15.9 Å². The van der Waals surface area contributed by atoms with Crippen molar-refractivity contribution in [1.29, 1.82) is 0 Å². The quantitative estimate of drug-likeness (QED) is 0.806. The largest absolute Gasteiger partial charge is 0.492 e. The zero-order valence-electron chi connectivity index (χ0n) is 15.4. The molecule has 2 aromatic carbocycles. The molecule has 140 valence electrons. The van der Waals surface area contributed by atoms with Crippen molar-refractivity contribution in [3.05, 3.63) is 53.6 Å². The fraction of sp³-hybridized carbons (Fsp3) is 0.316. The first-order chi connectivity index (χ1) is 12.2. The standard InChI is InChI=1S/C19H24N2O4S/c1-5-25-18-9-7-6-8-17(18)21(26(4,23)24)13-19(22)20-16-12-14(2)10-11-15(16)3/h6-12H,5,13H2,1-4H3,(H,20,22). The number of amides is 1. The summed E-state index contributed by atoms with van der Waals surface area (Å²) in [6, 6.07) is 12.5. The lowest BCUT2D eigenvalue weighted by Gasteiger charge is -2.24. The number of hydrogen-bond acceptors (Lipinski definition) is 4. The van der Waals surface area contributed by atoms with E-state index in [1.54, 1.807) is 24.3 Å². The van der Waals surface area contributed by atoms with E-state index in [2.05, 4.69) is 5.32 Å². The van der Waals surface area contributed by atoms with Gasteiger partial charge in [0, 0.05) is 5.69 Å². The molecule has 6 nitrogen and oxygen atoms in total. The van der Waals surface area contributed by atoms with Gasteiger partial charge in [0.05, 0.1) is 18.6 Å². The summed E-state index contributed by atoms with van der Waals surface area (Å²) in [6.07, 6.45) is 1.07.